The summed E-state index contributed by atoms with van der Waals surface area (Å²) in [5.41, 5.74) is 0.159. The highest BCUT2D eigenvalue weighted by molar-refractivity contribution is 6.48. The number of carbonyl (C=O) groups is 1. The van der Waals surface area contributed by atoms with E-state index in [-0.39, 0.29) is 36.6 Å². The third-order valence-electron chi connectivity index (χ3n) is 7.02. The van der Waals surface area contributed by atoms with Crippen LogP contribution in [0, 0.1) is 17.3 Å². The van der Waals surface area contributed by atoms with Gasteiger partial charge in [0.05, 0.1) is 17.6 Å². The number of alkyl halides is 1. The SMILES string of the molecule is CC1(C)[C@@H]2CC3OB([C@@H]4CCCN4C(=O)CCl)O[C@@]3(C)[C@H]1C2. The number of hydrogen-bond acceptors (Lipinski definition) is 3. The molecule has 5 aliphatic rings. The van der Waals surface area contributed by atoms with Crippen molar-refractivity contribution in [2.75, 3.05) is 12.4 Å². The third kappa shape index (κ3) is 1.88. The quantitative estimate of drug-likeness (QED) is 0.578. The first-order valence-electron chi connectivity index (χ1n) is 8.56. The summed E-state index contributed by atoms with van der Waals surface area (Å²) in [5, 5.41) is 0. The van der Waals surface area contributed by atoms with E-state index in [0.717, 1.165) is 31.7 Å². The van der Waals surface area contributed by atoms with Crippen molar-refractivity contribution in [1.82, 2.24) is 4.90 Å². The molecule has 4 nitrogen and oxygen atoms in total. The van der Waals surface area contributed by atoms with Crippen molar-refractivity contribution in [2.24, 2.45) is 17.3 Å². The van der Waals surface area contributed by atoms with Gasteiger partial charge in [0.1, 0.15) is 5.88 Å². The zero-order valence-electron chi connectivity index (χ0n) is 13.7. The molecule has 0 N–H and O–H groups in total. The molecule has 122 valence electrons. The Morgan fingerprint density at radius 2 is 2.14 bits per heavy atom. The number of rotatable bonds is 2. The minimum Gasteiger partial charge on any atom is -0.404 e. The van der Waals surface area contributed by atoms with Gasteiger partial charge in [0.15, 0.2) is 0 Å². The summed E-state index contributed by atoms with van der Waals surface area (Å²) in [6, 6.07) is 0. The van der Waals surface area contributed by atoms with Gasteiger partial charge >= 0.3 is 7.12 Å². The fourth-order valence-electron chi connectivity index (χ4n) is 5.53. The van der Waals surface area contributed by atoms with E-state index in [0.29, 0.717) is 11.3 Å². The van der Waals surface area contributed by atoms with Crippen molar-refractivity contribution in [2.45, 2.75) is 64.1 Å². The maximum absolute atomic E-state index is 12.0. The van der Waals surface area contributed by atoms with Gasteiger partial charge < -0.3 is 14.2 Å². The minimum absolute atomic E-state index is 0.000944. The van der Waals surface area contributed by atoms with E-state index in [9.17, 15) is 4.79 Å². The van der Waals surface area contributed by atoms with Gasteiger partial charge in [-0.05, 0) is 49.9 Å². The number of likely N-dealkylation sites (tertiary alicyclic amines) is 1. The molecule has 2 heterocycles. The molecule has 2 aliphatic heterocycles. The lowest BCUT2D eigenvalue weighted by Crippen LogP contribution is -2.65. The maximum atomic E-state index is 12.0. The van der Waals surface area contributed by atoms with Crippen LogP contribution in [0.2, 0.25) is 0 Å². The first-order chi connectivity index (χ1) is 10.4. The van der Waals surface area contributed by atoms with Crippen LogP contribution in [0.1, 0.15) is 46.5 Å². The van der Waals surface area contributed by atoms with Gasteiger partial charge in [0, 0.05) is 6.54 Å². The van der Waals surface area contributed by atoms with Crippen molar-refractivity contribution >= 4 is 24.6 Å². The highest BCUT2D eigenvalue weighted by Gasteiger charge is 2.68. The average Bonchev–Trinajstić information content (AvgIpc) is 3.08. The summed E-state index contributed by atoms with van der Waals surface area (Å²) in [7, 11) is -0.278. The van der Waals surface area contributed by atoms with Crippen molar-refractivity contribution in [3.63, 3.8) is 0 Å². The van der Waals surface area contributed by atoms with E-state index < -0.39 is 0 Å². The van der Waals surface area contributed by atoms with Gasteiger partial charge in [-0.2, -0.15) is 0 Å². The fraction of sp³-hybridized carbons (Fsp3) is 0.938. The molecule has 6 heteroatoms. The minimum atomic E-state index is -0.278. The van der Waals surface area contributed by atoms with E-state index >= 15 is 0 Å². The number of carbonyl (C=O) groups excluding carboxylic acids is 1. The molecule has 3 aliphatic carbocycles. The van der Waals surface area contributed by atoms with Gasteiger partial charge in [-0.3, -0.25) is 4.79 Å². The Hall–Kier alpha value is -0.255. The smallest absolute Gasteiger partial charge is 0.404 e. The van der Waals surface area contributed by atoms with Gasteiger partial charge in [-0.1, -0.05) is 13.8 Å². The molecule has 2 bridgehead atoms. The number of amides is 1. The van der Waals surface area contributed by atoms with Crippen molar-refractivity contribution in [1.29, 1.82) is 0 Å². The molecule has 1 unspecified atom stereocenters. The van der Waals surface area contributed by atoms with Crippen LogP contribution in [0.5, 0.6) is 0 Å². The molecule has 5 fully saturated rings. The number of halogens is 1. The Balaban J connectivity index is 1.54. The van der Waals surface area contributed by atoms with Crippen LogP contribution < -0.4 is 0 Å². The molecule has 0 radical (unpaired) electrons. The van der Waals surface area contributed by atoms with Gasteiger partial charge in [-0.15, -0.1) is 11.6 Å². The number of nitrogens with zero attached hydrogens (tertiary/aromatic N) is 1. The molecule has 0 aromatic carbocycles. The normalized spacial score (nSPS) is 45.6. The first-order valence-corrected chi connectivity index (χ1v) is 9.10. The maximum Gasteiger partial charge on any atom is 0.481 e. The van der Waals surface area contributed by atoms with E-state index in [2.05, 4.69) is 20.8 Å². The standard InChI is InChI=1S/C16H25BClNO3/c1-15(2)10-7-11(15)16(3)12(8-10)21-17(22-16)13-5-4-6-19(13)14(20)9-18/h10-13H,4-9H2,1-3H3/t10-,11-,12?,13-,16-/m0/s1. The predicted molar refractivity (Wildman–Crippen MR) is 85.6 cm³/mol. The molecule has 0 spiro atoms. The lowest BCUT2D eigenvalue weighted by Gasteiger charge is -2.64. The second kappa shape index (κ2) is 4.87. The first kappa shape index (κ1) is 15.3. The summed E-state index contributed by atoms with van der Waals surface area (Å²) < 4.78 is 12.8. The highest BCUT2D eigenvalue weighted by Crippen LogP contribution is 2.65. The van der Waals surface area contributed by atoms with Crippen LogP contribution in [0.25, 0.3) is 0 Å². The second-order valence-electron chi connectivity index (χ2n) is 8.27. The largest absolute Gasteiger partial charge is 0.481 e. The Bertz CT molecular complexity index is 502. The highest BCUT2D eigenvalue weighted by atomic mass is 35.5. The molecule has 1 amide bonds. The lowest BCUT2D eigenvalue weighted by molar-refractivity contribution is -0.199. The summed E-state index contributed by atoms with van der Waals surface area (Å²) in [5.74, 6) is 1.39. The lowest BCUT2D eigenvalue weighted by atomic mass is 9.43. The van der Waals surface area contributed by atoms with E-state index in [4.69, 9.17) is 20.9 Å². The molecule has 0 aromatic heterocycles. The number of hydrogen-bond donors (Lipinski definition) is 0. The van der Waals surface area contributed by atoms with Crippen molar-refractivity contribution in [3.05, 3.63) is 0 Å². The summed E-state index contributed by atoms with van der Waals surface area (Å²) in [6.45, 7) is 7.73. The van der Waals surface area contributed by atoms with E-state index in [1.807, 2.05) is 4.90 Å². The molecular formula is C16H25BClNO3. The Labute approximate surface area is 138 Å². The van der Waals surface area contributed by atoms with Crippen LogP contribution >= 0.6 is 11.6 Å². The second-order valence-corrected chi connectivity index (χ2v) is 8.53. The topological polar surface area (TPSA) is 38.8 Å². The van der Waals surface area contributed by atoms with Crippen LogP contribution in [-0.2, 0) is 14.1 Å². The monoisotopic (exact) mass is 325 g/mol. The molecule has 22 heavy (non-hydrogen) atoms. The molecule has 3 saturated carbocycles. The Kier molecular flexibility index (Phi) is 3.38. The molecule has 5 atom stereocenters. The molecule has 0 aromatic rings. The molecule has 2 saturated heterocycles. The van der Waals surface area contributed by atoms with Crippen molar-refractivity contribution in [3.8, 4) is 0 Å². The van der Waals surface area contributed by atoms with Gasteiger partial charge in [0.2, 0.25) is 5.91 Å². The summed E-state index contributed by atoms with van der Waals surface area (Å²) in [6.07, 6.45) is 4.49. The van der Waals surface area contributed by atoms with Gasteiger partial charge in [-0.25, -0.2) is 0 Å². The van der Waals surface area contributed by atoms with Crippen LogP contribution in [-0.4, -0.2) is 48.0 Å². The predicted octanol–water partition coefficient (Wildman–Crippen LogP) is 2.48. The van der Waals surface area contributed by atoms with Crippen LogP contribution in [0.4, 0.5) is 0 Å². The molecule has 5 rings (SSSR count). The summed E-state index contributed by atoms with van der Waals surface area (Å²) in [4.78, 5) is 13.9. The van der Waals surface area contributed by atoms with E-state index in [1.165, 1.54) is 6.42 Å². The van der Waals surface area contributed by atoms with Crippen LogP contribution in [0.3, 0.4) is 0 Å². The Morgan fingerprint density at radius 3 is 2.82 bits per heavy atom. The van der Waals surface area contributed by atoms with Gasteiger partial charge in [0.25, 0.3) is 0 Å². The zero-order valence-corrected chi connectivity index (χ0v) is 14.4. The third-order valence-corrected chi connectivity index (χ3v) is 7.25. The fourth-order valence-corrected chi connectivity index (χ4v) is 5.68. The zero-order chi connectivity index (χ0) is 15.7. The van der Waals surface area contributed by atoms with Crippen LogP contribution in [0.15, 0.2) is 0 Å². The Morgan fingerprint density at radius 1 is 1.36 bits per heavy atom. The molecular weight excluding hydrogens is 300 g/mol. The van der Waals surface area contributed by atoms with E-state index in [1.54, 1.807) is 0 Å². The average molecular weight is 326 g/mol. The van der Waals surface area contributed by atoms with Crippen molar-refractivity contribution < 1.29 is 14.1 Å². The summed E-state index contributed by atoms with van der Waals surface area (Å²) >= 11 is 5.75.